The number of hydrogen-bond acceptors (Lipinski definition) is 8. The summed E-state index contributed by atoms with van der Waals surface area (Å²) in [6, 6.07) is 7.63. The lowest BCUT2D eigenvalue weighted by atomic mass is 10.1. The maximum Gasteiger partial charge on any atom is 0.223 e. The lowest BCUT2D eigenvalue weighted by molar-refractivity contribution is 0.354. The molecule has 0 radical (unpaired) electrons. The van der Waals surface area contributed by atoms with E-state index >= 15 is 0 Å². The standard InChI is InChI=1S/C22H21N5O3/c1-14-16(6-9-30-14)21-17(18-13-23-7-8-24-18)12-26-22(27-21)25-11-15-4-5-19(28-2)20(10-15)29-3/h4-10,12-13H,11H2,1-3H3,(H,25,26,27). The monoisotopic (exact) mass is 403 g/mol. The second-order valence-electron chi connectivity index (χ2n) is 6.48. The zero-order chi connectivity index (χ0) is 20.9. The van der Waals surface area contributed by atoms with Crippen LogP contribution < -0.4 is 14.8 Å². The smallest absolute Gasteiger partial charge is 0.223 e. The van der Waals surface area contributed by atoms with E-state index in [0.717, 1.165) is 28.1 Å². The van der Waals surface area contributed by atoms with E-state index in [1.165, 1.54) is 0 Å². The largest absolute Gasteiger partial charge is 0.493 e. The fourth-order valence-corrected chi connectivity index (χ4v) is 3.10. The van der Waals surface area contributed by atoms with Gasteiger partial charge in [-0.25, -0.2) is 9.97 Å². The number of benzene rings is 1. The molecule has 0 aliphatic heterocycles. The summed E-state index contributed by atoms with van der Waals surface area (Å²) in [5.74, 6) is 2.62. The van der Waals surface area contributed by atoms with Gasteiger partial charge < -0.3 is 19.2 Å². The number of nitrogens with one attached hydrogen (secondary N) is 1. The van der Waals surface area contributed by atoms with E-state index in [2.05, 4.69) is 20.3 Å². The zero-order valence-electron chi connectivity index (χ0n) is 16.9. The molecule has 0 bridgehead atoms. The number of furan rings is 1. The second kappa shape index (κ2) is 8.60. The fraction of sp³-hybridized carbons (Fsp3) is 0.182. The SMILES string of the molecule is COc1ccc(CNc2ncc(-c3cnccn3)c(-c3ccoc3C)n2)cc1OC. The van der Waals surface area contributed by atoms with E-state index < -0.39 is 0 Å². The highest BCUT2D eigenvalue weighted by atomic mass is 16.5. The van der Waals surface area contributed by atoms with E-state index in [1.807, 2.05) is 31.2 Å². The highest BCUT2D eigenvalue weighted by molar-refractivity contribution is 5.79. The van der Waals surface area contributed by atoms with Crippen molar-refractivity contribution >= 4 is 5.95 Å². The van der Waals surface area contributed by atoms with Crippen LogP contribution in [-0.4, -0.2) is 34.2 Å². The molecule has 0 saturated carbocycles. The molecule has 0 unspecified atom stereocenters. The lowest BCUT2D eigenvalue weighted by Crippen LogP contribution is -2.06. The molecule has 4 aromatic rings. The Labute approximate surface area is 174 Å². The maximum atomic E-state index is 5.48. The first kappa shape index (κ1) is 19.4. The summed E-state index contributed by atoms with van der Waals surface area (Å²) in [6.45, 7) is 2.42. The van der Waals surface area contributed by atoms with Crippen LogP contribution in [0.4, 0.5) is 5.95 Å². The predicted molar refractivity (Wildman–Crippen MR) is 112 cm³/mol. The molecule has 0 fully saturated rings. The number of hydrogen-bond donors (Lipinski definition) is 1. The number of rotatable bonds is 7. The summed E-state index contributed by atoms with van der Waals surface area (Å²) in [4.78, 5) is 17.8. The first-order valence-corrected chi connectivity index (χ1v) is 9.32. The number of aryl methyl sites for hydroxylation is 1. The fourth-order valence-electron chi connectivity index (χ4n) is 3.10. The third-order valence-corrected chi connectivity index (χ3v) is 4.64. The zero-order valence-corrected chi connectivity index (χ0v) is 16.9. The van der Waals surface area contributed by atoms with Gasteiger partial charge in [-0.15, -0.1) is 0 Å². The molecule has 3 heterocycles. The number of anilines is 1. The average Bonchev–Trinajstić information content (AvgIpc) is 3.23. The van der Waals surface area contributed by atoms with Crippen molar-refractivity contribution in [1.29, 1.82) is 0 Å². The highest BCUT2D eigenvalue weighted by Gasteiger charge is 2.16. The molecular formula is C22H21N5O3. The first-order valence-electron chi connectivity index (χ1n) is 9.32. The summed E-state index contributed by atoms with van der Waals surface area (Å²) < 4.78 is 16.1. The topological polar surface area (TPSA) is 95.2 Å². The quantitative estimate of drug-likeness (QED) is 0.492. The van der Waals surface area contributed by atoms with Crippen molar-refractivity contribution in [2.24, 2.45) is 0 Å². The van der Waals surface area contributed by atoms with Crippen LogP contribution in [0.15, 0.2) is 59.7 Å². The van der Waals surface area contributed by atoms with E-state index in [9.17, 15) is 0 Å². The van der Waals surface area contributed by atoms with Crippen molar-refractivity contribution < 1.29 is 13.9 Å². The van der Waals surface area contributed by atoms with Crippen LogP contribution in [0.5, 0.6) is 11.5 Å². The minimum atomic E-state index is 0.494. The van der Waals surface area contributed by atoms with Gasteiger partial charge in [-0.2, -0.15) is 0 Å². The van der Waals surface area contributed by atoms with Gasteiger partial charge in [-0.05, 0) is 30.7 Å². The van der Waals surface area contributed by atoms with Crippen molar-refractivity contribution in [2.75, 3.05) is 19.5 Å². The van der Waals surface area contributed by atoms with Crippen LogP contribution >= 0.6 is 0 Å². The third-order valence-electron chi connectivity index (χ3n) is 4.64. The number of methoxy groups -OCH3 is 2. The predicted octanol–water partition coefficient (Wildman–Crippen LogP) is 4.13. The molecule has 8 heteroatoms. The number of ether oxygens (including phenoxy) is 2. The Morgan fingerprint density at radius 3 is 2.53 bits per heavy atom. The van der Waals surface area contributed by atoms with Crippen LogP contribution in [0.1, 0.15) is 11.3 Å². The normalized spacial score (nSPS) is 10.6. The van der Waals surface area contributed by atoms with E-state index in [4.69, 9.17) is 18.9 Å². The number of aromatic nitrogens is 4. The lowest BCUT2D eigenvalue weighted by Gasteiger charge is -2.12. The Kier molecular flexibility index (Phi) is 5.56. The molecule has 3 aromatic heterocycles. The maximum absolute atomic E-state index is 5.48. The van der Waals surface area contributed by atoms with Crippen molar-refractivity contribution in [3.8, 4) is 34.0 Å². The summed E-state index contributed by atoms with van der Waals surface area (Å²) in [7, 11) is 3.23. The average molecular weight is 403 g/mol. The van der Waals surface area contributed by atoms with Gasteiger partial charge in [0.25, 0.3) is 0 Å². The molecule has 0 amide bonds. The molecule has 0 spiro atoms. The molecule has 1 N–H and O–H groups in total. The van der Waals surface area contributed by atoms with Crippen LogP contribution in [0.25, 0.3) is 22.5 Å². The van der Waals surface area contributed by atoms with Crippen molar-refractivity contribution in [1.82, 2.24) is 19.9 Å². The Hall–Kier alpha value is -3.94. The molecule has 8 nitrogen and oxygen atoms in total. The van der Waals surface area contributed by atoms with Crippen molar-refractivity contribution in [3.63, 3.8) is 0 Å². The third kappa shape index (κ3) is 3.93. The van der Waals surface area contributed by atoms with Crippen LogP contribution in [0, 0.1) is 6.92 Å². The van der Waals surface area contributed by atoms with Gasteiger partial charge >= 0.3 is 0 Å². The number of nitrogens with zero attached hydrogens (tertiary/aromatic N) is 4. The van der Waals surface area contributed by atoms with Crippen LogP contribution in [0.3, 0.4) is 0 Å². The molecule has 4 rings (SSSR count). The van der Waals surface area contributed by atoms with E-state index in [-0.39, 0.29) is 0 Å². The van der Waals surface area contributed by atoms with Crippen LogP contribution in [0.2, 0.25) is 0 Å². The van der Waals surface area contributed by atoms with Crippen molar-refractivity contribution in [3.05, 3.63) is 66.6 Å². The second-order valence-corrected chi connectivity index (χ2v) is 6.48. The summed E-state index contributed by atoms with van der Waals surface area (Å²) in [5, 5.41) is 3.26. The molecular weight excluding hydrogens is 382 g/mol. The molecule has 0 aliphatic carbocycles. The van der Waals surface area contributed by atoms with Crippen molar-refractivity contribution in [2.45, 2.75) is 13.5 Å². The van der Waals surface area contributed by atoms with Crippen LogP contribution in [-0.2, 0) is 6.54 Å². The Morgan fingerprint density at radius 1 is 0.967 bits per heavy atom. The highest BCUT2D eigenvalue weighted by Crippen LogP contribution is 2.32. The summed E-state index contributed by atoms with van der Waals surface area (Å²) in [6.07, 6.45) is 8.35. The van der Waals surface area contributed by atoms with Gasteiger partial charge in [0, 0.05) is 36.3 Å². The molecule has 1 aromatic carbocycles. The van der Waals surface area contributed by atoms with Gasteiger partial charge in [0.1, 0.15) is 5.76 Å². The molecule has 0 aliphatic rings. The first-order chi connectivity index (χ1) is 14.7. The van der Waals surface area contributed by atoms with Gasteiger partial charge in [-0.3, -0.25) is 9.97 Å². The Bertz CT molecular complexity index is 1140. The molecule has 152 valence electrons. The Balaban J connectivity index is 1.65. The minimum absolute atomic E-state index is 0.494. The summed E-state index contributed by atoms with van der Waals surface area (Å²) in [5.41, 5.74) is 4.10. The Morgan fingerprint density at radius 2 is 1.83 bits per heavy atom. The molecule has 0 saturated heterocycles. The molecule has 30 heavy (non-hydrogen) atoms. The van der Waals surface area contributed by atoms with E-state index in [1.54, 1.807) is 45.3 Å². The van der Waals surface area contributed by atoms with Gasteiger partial charge in [0.2, 0.25) is 5.95 Å². The van der Waals surface area contributed by atoms with Gasteiger partial charge in [-0.1, -0.05) is 6.07 Å². The van der Waals surface area contributed by atoms with E-state index in [0.29, 0.717) is 29.7 Å². The van der Waals surface area contributed by atoms with Gasteiger partial charge in [0.15, 0.2) is 11.5 Å². The molecule has 0 atom stereocenters. The van der Waals surface area contributed by atoms with Gasteiger partial charge in [0.05, 0.1) is 38.1 Å². The minimum Gasteiger partial charge on any atom is -0.493 e. The summed E-state index contributed by atoms with van der Waals surface area (Å²) >= 11 is 0.